The van der Waals surface area contributed by atoms with Crippen molar-refractivity contribution in [3.05, 3.63) is 119 Å². The van der Waals surface area contributed by atoms with Gasteiger partial charge in [-0.1, -0.05) is 89.3 Å². The van der Waals surface area contributed by atoms with Crippen LogP contribution >= 0.6 is 46.3 Å². The van der Waals surface area contributed by atoms with Crippen LogP contribution in [0.5, 0.6) is 11.5 Å². The summed E-state index contributed by atoms with van der Waals surface area (Å²) in [6.07, 6.45) is 6.40. The second-order valence-corrected chi connectivity index (χ2v) is 11.2. The van der Waals surface area contributed by atoms with E-state index in [1.807, 2.05) is 72.2 Å². The molecule has 2 aromatic heterocycles. The van der Waals surface area contributed by atoms with Crippen LogP contribution in [0.2, 0.25) is 5.02 Å². The summed E-state index contributed by atoms with van der Waals surface area (Å²) in [5.74, 6) is 2.52. The molecule has 37 heavy (non-hydrogen) atoms. The number of hydrogen-bond donors (Lipinski definition) is 0. The van der Waals surface area contributed by atoms with Crippen molar-refractivity contribution in [3.8, 4) is 22.8 Å². The van der Waals surface area contributed by atoms with Gasteiger partial charge in [0.05, 0.1) is 11.9 Å². The summed E-state index contributed by atoms with van der Waals surface area (Å²) in [5, 5.41) is 6.13. The lowest BCUT2D eigenvalue weighted by Gasteiger charge is -2.06. The summed E-state index contributed by atoms with van der Waals surface area (Å²) in [4.78, 5) is 5.64. The maximum atomic E-state index is 5.92. The van der Waals surface area contributed by atoms with Gasteiger partial charge in [-0.15, -0.1) is 5.10 Å². The van der Waals surface area contributed by atoms with Crippen molar-refractivity contribution < 1.29 is 4.74 Å². The molecule has 0 amide bonds. The van der Waals surface area contributed by atoms with Crippen LogP contribution < -0.4 is 4.74 Å². The number of benzene rings is 3. The van der Waals surface area contributed by atoms with Crippen LogP contribution in [-0.4, -0.2) is 20.4 Å². The number of aromatic nitrogens is 3. The van der Waals surface area contributed by atoms with E-state index in [0.29, 0.717) is 5.02 Å². The Morgan fingerprint density at radius 3 is 2.30 bits per heavy atom. The number of imidazole rings is 1. The van der Waals surface area contributed by atoms with Gasteiger partial charge in [-0.05, 0) is 73.5 Å². The molecular weight excluding hydrogens is 541 g/mol. The lowest BCUT2D eigenvalue weighted by atomic mass is 10.2. The molecule has 188 valence electrons. The Kier molecular flexibility index (Phi) is 9.85. The van der Waals surface area contributed by atoms with E-state index in [-0.39, 0.29) is 0 Å². The first kappa shape index (κ1) is 27.0. The molecule has 0 atom stereocenters. The maximum absolute atomic E-state index is 5.92. The van der Waals surface area contributed by atoms with E-state index >= 15 is 0 Å². The standard InChI is InChI=1S/C24H18ClN3OS2.C5H7Cl/c25-19-8-12-21(13-9-19)29-20-10-6-18(7-11-20)22-16-28-23(26-22)31-24(27-28)30-15-14-17-4-2-1-3-5-17;1-3-4-5(2)6/h1-13,16H,14-15H2;3-4H,1H2,2H3/b;5-4+. The summed E-state index contributed by atoms with van der Waals surface area (Å²) in [7, 11) is 0. The highest BCUT2D eigenvalue weighted by molar-refractivity contribution is 8.01. The topological polar surface area (TPSA) is 39.4 Å². The third kappa shape index (κ3) is 8.23. The molecule has 0 bridgehead atoms. The summed E-state index contributed by atoms with van der Waals surface area (Å²) >= 11 is 14.7. The SMILES string of the molecule is C=C/C=C(\C)Cl.Clc1ccc(Oc2ccc(-c3cn4nc(SCCc5ccccc5)sc4n3)cc2)cc1. The van der Waals surface area contributed by atoms with Crippen LogP contribution in [0.3, 0.4) is 0 Å². The minimum absolute atomic E-state index is 0.689. The van der Waals surface area contributed by atoms with Gasteiger partial charge in [-0.3, -0.25) is 0 Å². The van der Waals surface area contributed by atoms with Gasteiger partial charge in [0.1, 0.15) is 11.5 Å². The molecule has 2 heterocycles. The van der Waals surface area contributed by atoms with Gasteiger partial charge in [0, 0.05) is 21.4 Å². The van der Waals surface area contributed by atoms with Gasteiger partial charge in [-0.2, -0.15) is 0 Å². The third-order valence-electron chi connectivity index (χ3n) is 5.03. The number of nitrogens with zero attached hydrogens (tertiary/aromatic N) is 3. The second-order valence-electron chi connectivity index (χ2n) is 7.87. The Labute approximate surface area is 235 Å². The minimum Gasteiger partial charge on any atom is -0.457 e. The summed E-state index contributed by atoms with van der Waals surface area (Å²) in [6.45, 7) is 5.25. The number of ether oxygens (including phenoxy) is 1. The summed E-state index contributed by atoms with van der Waals surface area (Å²) < 4.78 is 8.76. The lowest BCUT2D eigenvalue weighted by Crippen LogP contribution is -1.88. The van der Waals surface area contributed by atoms with E-state index in [4.69, 9.17) is 32.9 Å². The molecule has 0 aliphatic heterocycles. The predicted molar refractivity (Wildman–Crippen MR) is 159 cm³/mol. The number of thioether (sulfide) groups is 1. The van der Waals surface area contributed by atoms with Gasteiger partial charge >= 0.3 is 0 Å². The fraction of sp³-hybridized carbons (Fsp3) is 0.103. The molecule has 0 unspecified atom stereocenters. The van der Waals surface area contributed by atoms with Crippen LogP contribution in [0.1, 0.15) is 12.5 Å². The van der Waals surface area contributed by atoms with Gasteiger partial charge in [0.2, 0.25) is 4.96 Å². The minimum atomic E-state index is 0.689. The predicted octanol–water partition coefficient (Wildman–Crippen LogP) is 9.55. The zero-order valence-corrected chi connectivity index (χ0v) is 23.3. The molecule has 0 radical (unpaired) electrons. The van der Waals surface area contributed by atoms with Gasteiger partial charge in [-0.25, -0.2) is 9.50 Å². The third-order valence-corrected chi connectivity index (χ3v) is 7.47. The van der Waals surface area contributed by atoms with Crippen LogP contribution in [0.25, 0.3) is 16.2 Å². The van der Waals surface area contributed by atoms with Crippen LogP contribution in [-0.2, 0) is 6.42 Å². The smallest absolute Gasteiger partial charge is 0.213 e. The number of fused-ring (bicyclic) bond motifs is 1. The van der Waals surface area contributed by atoms with E-state index < -0.39 is 0 Å². The molecule has 0 fully saturated rings. The highest BCUT2D eigenvalue weighted by Gasteiger charge is 2.10. The molecule has 5 rings (SSSR count). The first-order valence-corrected chi connectivity index (χ1v) is 14.1. The second kappa shape index (κ2) is 13.5. The van der Waals surface area contributed by atoms with Crippen molar-refractivity contribution in [2.24, 2.45) is 0 Å². The normalized spacial score (nSPS) is 11.2. The van der Waals surface area contributed by atoms with Crippen molar-refractivity contribution in [1.82, 2.24) is 14.6 Å². The quantitative estimate of drug-likeness (QED) is 0.139. The Bertz CT molecular complexity index is 1430. The average molecular weight is 567 g/mol. The Morgan fingerprint density at radius 1 is 1.03 bits per heavy atom. The fourth-order valence-corrected chi connectivity index (χ4v) is 5.47. The van der Waals surface area contributed by atoms with Crippen molar-refractivity contribution in [3.63, 3.8) is 0 Å². The number of aryl methyl sites for hydroxylation is 1. The van der Waals surface area contributed by atoms with E-state index in [0.717, 1.165) is 49.3 Å². The first-order valence-electron chi connectivity index (χ1n) is 11.5. The highest BCUT2D eigenvalue weighted by Crippen LogP contribution is 2.30. The number of halogens is 2. The Balaban J connectivity index is 0.000000480. The van der Waals surface area contributed by atoms with Crippen LogP contribution in [0, 0.1) is 0 Å². The molecular formula is C29H25Cl2N3OS2. The zero-order valence-electron chi connectivity index (χ0n) is 20.2. The molecule has 0 aliphatic carbocycles. The van der Waals surface area contributed by atoms with E-state index in [9.17, 15) is 0 Å². The van der Waals surface area contributed by atoms with Crippen molar-refractivity contribution in [1.29, 1.82) is 0 Å². The lowest BCUT2D eigenvalue weighted by molar-refractivity contribution is 0.483. The van der Waals surface area contributed by atoms with Crippen LogP contribution in [0.4, 0.5) is 0 Å². The Morgan fingerprint density at radius 2 is 1.70 bits per heavy atom. The molecule has 3 aromatic carbocycles. The number of allylic oxidation sites excluding steroid dienone is 3. The maximum Gasteiger partial charge on any atom is 0.213 e. The number of rotatable bonds is 8. The molecule has 0 saturated heterocycles. The Hall–Kier alpha value is -3.03. The highest BCUT2D eigenvalue weighted by atomic mass is 35.5. The zero-order chi connectivity index (χ0) is 26.0. The van der Waals surface area contributed by atoms with Gasteiger partial charge in [0.15, 0.2) is 4.34 Å². The van der Waals surface area contributed by atoms with E-state index in [1.54, 1.807) is 35.3 Å². The fourth-order valence-electron chi connectivity index (χ4n) is 3.28. The van der Waals surface area contributed by atoms with Gasteiger partial charge in [0.25, 0.3) is 0 Å². The summed E-state index contributed by atoms with van der Waals surface area (Å²) in [5.41, 5.74) is 3.28. The van der Waals surface area contributed by atoms with Crippen molar-refractivity contribution in [2.45, 2.75) is 17.7 Å². The molecule has 0 saturated carbocycles. The summed E-state index contributed by atoms with van der Waals surface area (Å²) in [6, 6.07) is 25.7. The molecule has 8 heteroatoms. The largest absolute Gasteiger partial charge is 0.457 e. The average Bonchev–Trinajstić information content (AvgIpc) is 3.46. The van der Waals surface area contributed by atoms with Crippen molar-refractivity contribution >= 4 is 51.3 Å². The van der Waals surface area contributed by atoms with Crippen LogP contribution in [0.15, 0.2) is 113 Å². The molecule has 0 spiro atoms. The van der Waals surface area contributed by atoms with E-state index in [2.05, 4.69) is 35.9 Å². The number of hydrogen-bond acceptors (Lipinski definition) is 5. The van der Waals surface area contributed by atoms with Crippen molar-refractivity contribution in [2.75, 3.05) is 5.75 Å². The molecule has 4 nitrogen and oxygen atoms in total. The van der Waals surface area contributed by atoms with E-state index in [1.165, 1.54) is 5.56 Å². The first-order chi connectivity index (χ1) is 18.0. The molecule has 0 aliphatic rings. The molecule has 5 aromatic rings. The van der Waals surface area contributed by atoms with Gasteiger partial charge < -0.3 is 4.74 Å². The monoisotopic (exact) mass is 565 g/mol. The molecule has 0 N–H and O–H groups in total.